The largest absolute Gasteiger partial charge is 0.245 e. The summed E-state index contributed by atoms with van der Waals surface area (Å²) in [6.07, 6.45) is 0. The highest BCUT2D eigenvalue weighted by Gasteiger charge is 2.25. The summed E-state index contributed by atoms with van der Waals surface area (Å²) in [5.41, 5.74) is 0.200. The van der Waals surface area contributed by atoms with E-state index in [4.69, 9.17) is 22.1 Å². The number of benzene rings is 1. The lowest BCUT2D eigenvalue weighted by Crippen LogP contribution is -2.31. The molecule has 0 radical (unpaired) electrons. The molecule has 0 saturated carbocycles. The SMILES string of the molecule is CCN(CC#N)S(=O)(=O)c1cc(C#N)ccc1Cl. The van der Waals surface area contributed by atoms with Crippen LogP contribution in [0.5, 0.6) is 0 Å². The highest BCUT2D eigenvalue weighted by molar-refractivity contribution is 7.89. The molecule has 94 valence electrons. The van der Waals surface area contributed by atoms with E-state index >= 15 is 0 Å². The number of hydrogen-bond donors (Lipinski definition) is 0. The molecule has 0 spiro atoms. The van der Waals surface area contributed by atoms with Crippen molar-refractivity contribution in [1.82, 2.24) is 4.31 Å². The molecule has 0 aliphatic rings. The summed E-state index contributed by atoms with van der Waals surface area (Å²) in [6.45, 7) is 1.52. The Morgan fingerprint density at radius 3 is 2.56 bits per heavy atom. The van der Waals surface area contributed by atoms with Gasteiger partial charge in [-0.25, -0.2) is 8.42 Å². The third kappa shape index (κ3) is 2.80. The van der Waals surface area contributed by atoms with Crippen molar-refractivity contribution in [1.29, 1.82) is 10.5 Å². The van der Waals surface area contributed by atoms with E-state index in [-0.39, 0.29) is 28.6 Å². The van der Waals surface area contributed by atoms with Crippen LogP contribution in [0, 0.1) is 22.7 Å². The molecule has 0 heterocycles. The minimum atomic E-state index is -3.85. The van der Waals surface area contributed by atoms with Gasteiger partial charge < -0.3 is 0 Å². The average molecular weight is 284 g/mol. The van der Waals surface area contributed by atoms with Gasteiger partial charge in [0.1, 0.15) is 11.4 Å². The molecule has 0 aromatic heterocycles. The van der Waals surface area contributed by atoms with Gasteiger partial charge in [-0.05, 0) is 18.2 Å². The molecule has 5 nitrogen and oxygen atoms in total. The van der Waals surface area contributed by atoms with Crippen LogP contribution < -0.4 is 0 Å². The molecule has 0 saturated heterocycles. The van der Waals surface area contributed by atoms with Crippen LogP contribution in [-0.4, -0.2) is 25.8 Å². The molecule has 0 N–H and O–H groups in total. The third-order valence-corrected chi connectivity index (χ3v) is 4.68. The highest BCUT2D eigenvalue weighted by atomic mass is 35.5. The lowest BCUT2D eigenvalue weighted by atomic mass is 10.2. The fourth-order valence-electron chi connectivity index (χ4n) is 1.36. The van der Waals surface area contributed by atoms with E-state index in [1.165, 1.54) is 18.2 Å². The number of nitriles is 2. The number of halogens is 1. The summed E-state index contributed by atoms with van der Waals surface area (Å²) in [5.74, 6) is 0. The van der Waals surface area contributed by atoms with Gasteiger partial charge >= 0.3 is 0 Å². The second-order valence-electron chi connectivity index (χ2n) is 3.35. The maximum absolute atomic E-state index is 12.2. The van der Waals surface area contributed by atoms with Crippen LogP contribution in [0.15, 0.2) is 23.1 Å². The van der Waals surface area contributed by atoms with Crippen LogP contribution in [-0.2, 0) is 10.0 Å². The lowest BCUT2D eigenvalue weighted by Gasteiger charge is -2.17. The van der Waals surface area contributed by atoms with Crippen LogP contribution in [0.4, 0.5) is 0 Å². The Morgan fingerprint density at radius 1 is 1.39 bits per heavy atom. The van der Waals surface area contributed by atoms with Gasteiger partial charge in [-0.1, -0.05) is 18.5 Å². The summed E-state index contributed by atoms with van der Waals surface area (Å²) in [5, 5.41) is 17.4. The molecular weight excluding hydrogens is 274 g/mol. The summed E-state index contributed by atoms with van der Waals surface area (Å²) in [4.78, 5) is -0.152. The standard InChI is InChI=1S/C11H10ClN3O2S/c1-2-15(6-5-13)18(16,17)11-7-9(8-14)3-4-10(11)12/h3-4,7H,2,6H2,1H3. The molecule has 7 heteroatoms. The minimum Gasteiger partial charge on any atom is -0.207 e. The third-order valence-electron chi connectivity index (χ3n) is 2.28. The quantitative estimate of drug-likeness (QED) is 0.788. The topological polar surface area (TPSA) is 85.0 Å². The van der Waals surface area contributed by atoms with E-state index in [0.29, 0.717) is 0 Å². The van der Waals surface area contributed by atoms with E-state index in [9.17, 15) is 8.42 Å². The van der Waals surface area contributed by atoms with Crippen LogP contribution in [0.2, 0.25) is 5.02 Å². The molecule has 0 unspecified atom stereocenters. The molecule has 18 heavy (non-hydrogen) atoms. The first-order valence-corrected chi connectivity index (χ1v) is 6.86. The lowest BCUT2D eigenvalue weighted by molar-refractivity contribution is 0.462. The van der Waals surface area contributed by atoms with Crippen molar-refractivity contribution in [3.8, 4) is 12.1 Å². The van der Waals surface area contributed by atoms with Crippen molar-refractivity contribution in [2.75, 3.05) is 13.1 Å². The molecule has 1 aromatic carbocycles. The molecule has 1 rings (SSSR count). The van der Waals surface area contributed by atoms with Gasteiger partial charge in [0.15, 0.2) is 0 Å². The maximum Gasteiger partial charge on any atom is 0.245 e. The number of nitrogens with zero attached hydrogens (tertiary/aromatic N) is 3. The molecular formula is C11H10ClN3O2S. The monoisotopic (exact) mass is 283 g/mol. The summed E-state index contributed by atoms with van der Waals surface area (Å²) in [7, 11) is -3.85. The van der Waals surface area contributed by atoms with E-state index in [1.54, 1.807) is 13.0 Å². The van der Waals surface area contributed by atoms with Crippen molar-refractivity contribution in [2.24, 2.45) is 0 Å². The summed E-state index contributed by atoms with van der Waals surface area (Å²) < 4.78 is 25.4. The molecule has 0 amide bonds. The van der Waals surface area contributed by atoms with Gasteiger partial charge in [-0.3, -0.25) is 0 Å². The van der Waals surface area contributed by atoms with E-state index in [2.05, 4.69) is 0 Å². The van der Waals surface area contributed by atoms with Gasteiger partial charge in [0.25, 0.3) is 0 Å². The zero-order valence-corrected chi connectivity index (χ0v) is 11.2. The van der Waals surface area contributed by atoms with Crippen molar-refractivity contribution in [3.05, 3.63) is 28.8 Å². The van der Waals surface area contributed by atoms with E-state index in [1.807, 2.05) is 6.07 Å². The second-order valence-corrected chi connectivity index (χ2v) is 5.66. The first-order chi connectivity index (χ1) is 8.47. The molecule has 0 fully saturated rings. The van der Waals surface area contributed by atoms with Gasteiger partial charge in [0.2, 0.25) is 10.0 Å². The highest BCUT2D eigenvalue weighted by Crippen LogP contribution is 2.25. The Hall–Kier alpha value is -1.60. The molecule has 1 aromatic rings. The normalized spacial score (nSPS) is 10.9. The second kappa shape index (κ2) is 5.83. The van der Waals surface area contributed by atoms with Crippen molar-refractivity contribution >= 4 is 21.6 Å². The van der Waals surface area contributed by atoms with Gasteiger partial charge in [-0.2, -0.15) is 14.8 Å². The zero-order valence-electron chi connectivity index (χ0n) is 9.59. The fourth-order valence-corrected chi connectivity index (χ4v) is 3.20. The Bertz CT molecular complexity index is 629. The van der Waals surface area contributed by atoms with Crippen LogP contribution in [0.3, 0.4) is 0 Å². The fraction of sp³-hybridized carbons (Fsp3) is 0.273. The summed E-state index contributed by atoms with van der Waals surface area (Å²) >= 11 is 5.84. The molecule has 0 atom stereocenters. The molecule has 0 bridgehead atoms. The average Bonchev–Trinajstić information content (AvgIpc) is 2.36. The maximum atomic E-state index is 12.2. The van der Waals surface area contributed by atoms with Crippen molar-refractivity contribution in [2.45, 2.75) is 11.8 Å². The van der Waals surface area contributed by atoms with Crippen LogP contribution in [0.1, 0.15) is 12.5 Å². The number of rotatable bonds is 4. The van der Waals surface area contributed by atoms with Gasteiger partial charge in [-0.15, -0.1) is 0 Å². The minimum absolute atomic E-state index is 0.0328. The van der Waals surface area contributed by atoms with Crippen LogP contribution >= 0.6 is 11.6 Å². The Kier molecular flexibility index (Phi) is 4.69. The molecule has 0 aliphatic heterocycles. The first kappa shape index (κ1) is 14.5. The predicted octanol–water partition coefficient (Wildman–Crippen LogP) is 1.75. The Labute approximate surface area is 111 Å². The number of hydrogen-bond acceptors (Lipinski definition) is 4. The number of sulfonamides is 1. The predicted molar refractivity (Wildman–Crippen MR) is 66.2 cm³/mol. The summed E-state index contributed by atoms with van der Waals surface area (Å²) in [6, 6.07) is 7.62. The van der Waals surface area contributed by atoms with E-state index in [0.717, 1.165) is 4.31 Å². The van der Waals surface area contributed by atoms with Gasteiger partial charge in [0, 0.05) is 6.54 Å². The zero-order chi connectivity index (χ0) is 13.8. The van der Waals surface area contributed by atoms with Crippen LogP contribution in [0.25, 0.3) is 0 Å². The van der Waals surface area contributed by atoms with E-state index < -0.39 is 10.0 Å². The Morgan fingerprint density at radius 2 is 2.06 bits per heavy atom. The Balaban J connectivity index is 3.37. The molecule has 0 aliphatic carbocycles. The van der Waals surface area contributed by atoms with Crippen molar-refractivity contribution in [3.63, 3.8) is 0 Å². The smallest absolute Gasteiger partial charge is 0.207 e. The van der Waals surface area contributed by atoms with Crippen molar-refractivity contribution < 1.29 is 8.42 Å². The van der Waals surface area contributed by atoms with Gasteiger partial charge in [0.05, 0.1) is 22.7 Å². The first-order valence-electron chi connectivity index (χ1n) is 5.04.